The summed E-state index contributed by atoms with van der Waals surface area (Å²) in [6, 6.07) is 3.65. The van der Waals surface area contributed by atoms with Crippen LogP contribution in [0, 0.1) is 5.92 Å². The molecule has 1 aromatic rings. The van der Waals surface area contributed by atoms with E-state index >= 15 is 0 Å². The van der Waals surface area contributed by atoms with Gasteiger partial charge in [-0.25, -0.2) is 4.79 Å². The fourth-order valence-electron chi connectivity index (χ4n) is 2.74. The largest absolute Gasteiger partial charge is 0.481 e. The number of nitrogens with one attached hydrogen (secondary N) is 3. The van der Waals surface area contributed by atoms with Gasteiger partial charge in [-0.05, 0) is 11.5 Å². The fourth-order valence-corrected chi connectivity index (χ4v) is 3.00. The van der Waals surface area contributed by atoms with Crippen molar-refractivity contribution in [3.8, 4) is 0 Å². The lowest BCUT2D eigenvalue weighted by Gasteiger charge is -2.24. The van der Waals surface area contributed by atoms with Gasteiger partial charge in [0.2, 0.25) is 17.7 Å². The van der Waals surface area contributed by atoms with Crippen LogP contribution in [0.5, 0.6) is 0 Å². The summed E-state index contributed by atoms with van der Waals surface area (Å²) in [5.41, 5.74) is 6.42. The lowest BCUT2D eigenvalue weighted by atomic mass is 10.0. The first-order valence-electron chi connectivity index (χ1n) is 10.2. The molecule has 0 aliphatic carbocycles. The summed E-state index contributed by atoms with van der Waals surface area (Å²) in [5.74, 6) is -5.55. The summed E-state index contributed by atoms with van der Waals surface area (Å²) < 4.78 is 0. The molecule has 1 rings (SSSR count). The molecule has 0 saturated carbocycles. The molecule has 1 aromatic carbocycles. The highest BCUT2D eigenvalue weighted by Gasteiger charge is 2.31. The minimum atomic E-state index is -1.49. The van der Waals surface area contributed by atoms with Crippen LogP contribution in [0.1, 0.15) is 25.8 Å². The fraction of sp³-hybridized carbons (Fsp3) is 0.476. The predicted molar refractivity (Wildman–Crippen MR) is 122 cm³/mol. The topological polar surface area (TPSA) is 188 Å². The van der Waals surface area contributed by atoms with Crippen molar-refractivity contribution >= 4 is 42.3 Å². The van der Waals surface area contributed by atoms with Crippen molar-refractivity contribution in [3.63, 3.8) is 0 Å². The van der Waals surface area contributed by atoms with Gasteiger partial charge in [0.15, 0.2) is 0 Å². The van der Waals surface area contributed by atoms with E-state index in [0.29, 0.717) is 5.56 Å². The number of hydrogen-bond acceptors (Lipinski definition) is 7. The molecule has 0 saturated heterocycles. The monoisotopic (exact) mass is 482 g/mol. The number of nitrogens with two attached hydrogens (primary N) is 1. The van der Waals surface area contributed by atoms with Crippen molar-refractivity contribution < 1.29 is 34.2 Å². The quantitative estimate of drug-likeness (QED) is 0.177. The van der Waals surface area contributed by atoms with Gasteiger partial charge in [0.25, 0.3) is 0 Å². The molecule has 0 aliphatic heterocycles. The molecule has 12 heteroatoms. The van der Waals surface area contributed by atoms with Gasteiger partial charge in [0.1, 0.15) is 18.1 Å². The number of carboxylic acids is 2. The number of aliphatic carboxylic acids is 2. The number of benzene rings is 1. The number of carboxylic acid groups (broad SMARTS) is 2. The molecule has 0 aromatic heterocycles. The highest BCUT2D eigenvalue weighted by molar-refractivity contribution is 7.80. The lowest BCUT2D eigenvalue weighted by molar-refractivity contribution is -0.143. The van der Waals surface area contributed by atoms with Crippen molar-refractivity contribution in [3.05, 3.63) is 35.9 Å². The smallest absolute Gasteiger partial charge is 0.326 e. The molecule has 0 heterocycles. The second-order valence-electron chi connectivity index (χ2n) is 7.76. The molecule has 3 amide bonds. The molecule has 0 bridgehead atoms. The van der Waals surface area contributed by atoms with E-state index in [2.05, 4.69) is 28.6 Å². The zero-order valence-corrected chi connectivity index (χ0v) is 19.2. The van der Waals surface area contributed by atoms with E-state index in [4.69, 9.17) is 10.8 Å². The van der Waals surface area contributed by atoms with Crippen molar-refractivity contribution in [1.29, 1.82) is 0 Å². The highest BCUT2D eigenvalue weighted by Crippen LogP contribution is 2.05. The predicted octanol–water partition coefficient (Wildman–Crippen LogP) is -0.844. The van der Waals surface area contributed by atoms with E-state index in [9.17, 15) is 29.1 Å². The van der Waals surface area contributed by atoms with E-state index in [-0.39, 0.29) is 18.1 Å². The molecule has 182 valence electrons. The van der Waals surface area contributed by atoms with Crippen molar-refractivity contribution in [2.75, 3.05) is 5.75 Å². The van der Waals surface area contributed by atoms with E-state index < -0.39 is 60.2 Å². The Labute approximate surface area is 196 Å². The average molecular weight is 483 g/mol. The molecule has 4 unspecified atom stereocenters. The molecule has 4 atom stereocenters. The summed E-state index contributed by atoms with van der Waals surface area (Å²) in [6.07, 6.45) is -0.727. The molecule has 33 heavy (non-hydrogen) atoms. The van der Waals surface area contributed by atoms with Crippen LogP contribution < -0.4 is 21.7 Å². The number of carbonyl (C=O) groups is 5. The van der Waals surface area contributed by atoms with E-state index in [1.165, 1.54) is 0 Å². The van der Waals surface area contributed by atoms with Crippen LogP contribution in [-0.4, -0.2) is 69.8 Å². The maximum Gasteiger partial charge on any atom is 0.326 e. The van der Waals surface area contributed by atoms with Gasteiger partial charge in [0, 0.05) is 12.2 Å². The maximum absolute atomic E-state index is 12.6. The SMILES string of the molecule is CC(C)C(N)C(=O)NC(CC(=O)O)C(=O)NC(CS)C(=O)NC(Cc1ccccc1)C(=O)O. The third-order valence-corrected chi connectivity index (χ3v) is 5.11. The van der Waals surface area contributed by atoms with Crippen LogP contribution in [0.25, 0.3) is 0 Å². The lowest BCUT2D eigenvalue weighted by Crippen LogP contribution is -2.58. The molecule has 0 aliphatic rings. The van der Waals surface area contributed by atoms with Gasteiger partial charge in [-0.2, -0.15) is 12.6 Å². The Hall–Kier alpha value is -3.12. The Bertz CT molecular complexity index is 850. The first-order valence-corrected chi connectivity index (χ1v) is 10.9. The zero-order valence-electron chi connectivity index (χ0n) is 18.4. The van der Waals surface area contributed by atoms with Gasteiger partial charge in [0.05, 0.1) is 12.5 Å². The van der Waals surface area contributed by atoms with Crippen LogP contribution >= 0.6 is 12.6 Å². The minimum absolute atomic E-state index is 0.0138. The second-order valence-corrected chi connectivity index (χ2v) is 8.13. The molecule has 7 N–H and O–H groups in total. The van der Waals surface area contributed by atoms with Crippen molar-refractivity contribution in [2.24, 2.45) is 11.7 Å². The van der Waals surface area contributed by atoms with Crippen LogP contribution in [0.15, 0.2) is 30.3 Å². The highest BCUT2D eigenvalue weighted by atomic mass is 32.1. The number of hydrogen-bond donors (Lipinski definition) is 7. The number of amides is 3. The third-order valence-electron chi connectivity index (χ3n) is 4.75. The second kappa shape index (κ2) is 13.4. The number of carbonyl (C=O) groups excluding carboxylic acids is 3. The summed E-state index contributed by atoms with van der Waals surface area (Å²) in [4.78, 5) is 60.2. The van der Waals surface area contributed by atoms with Crippen LogP contribution in [0.4, 0.5) is 0 Å². The van der Waals surface area contributed by atoms with E-state index in [1.54, 1.807) is 44.2 Å². The van der Waals surface area contributed by atoms with Crippen LogP contribution in [0.2, 0.25) is 0 Å². The molecular weight excluding hydrogens is 452 g/mol. The number of thiol groups is 1. The number of rotatable bonds is 13. The zero-order chi connectivity index (χ0) is 25.1. The first kappa shape index (κ1) is 27.9. The Morgan fingerprint density at radius 3 is 1.88 bits per heavy atom. The molecular formula is C21H30N4O7S. The van der Waals surface area contributed by atoms with Crippen LogP contribution in [-0.2, 0) is 30.4 Å². The van der Waals surface area contributed by atoms with Crippen LogP contribution in [0.3, 0.4) is 0 Å². The Kier molecular flexibility index (Phi) is 11.4. The Morgan fingerprint density at radius 2 is 1.39 bits per heavy atom. The molecule has 0 radical (unpaired) electrons. The van der Waals surface area contributed by atoms with Crippen molar-refractivity contribution in [1.82, 2.24) is 16.0 Å². The third kappa shape index (κ3) is 9.49. The van der Waals surface area contributed by atoms with Gasteiger partial charge in [-0.3, -0.25) is 19.2 Å². The molecule has 0 spiro atoms. The summed E-state index contributed by atoms with van der Waals surface area (Å²) in [5, 5.41) is 25.5. The Balaban J connectivity index is 2.88. The summed E-state index contributed by atoms with van der Waals surface area (Å²) in [7, 11) is 0. The van der Waals surface area contributed by atoms with Crippen molar-refractivity contribution in [2.45, 2.75) is 50.9 Å². The first-order chi connectivity index (χ1) is 15.5. The molecule has 11 nitrogen and oxygen atoms in total. The minimum Gasteiger partial charge on any atom is -0.481 e. The normalized spacial score (nSPS) is 14.5. The molecule has 0 fully saturated rings. The van der Waals surface area contributed by atoms with Gasteiger partial charge < -0.3 is 31.9 Å². The Morgan fingerprint density at radius 1 is 0.879 bits per heavy atom. The van der Waals surface area contributed by atoms with E-state index in [1.807, 2.05) is 0 Å². The summed E-state index contributed by atoms with van der Waals surface area (Å²) >= 11 is 4.02. The standard InChI is InChI=1S/C21H30N4O7S/c1-11(2)17(22)20(30)23-13(9-16(26)27)18(28)25-15(10-33)19(29)24-14(21(31)32)8-12-6-4-3-5-7-12/h3-7,11,13-15,17,33H,8-10,22H2,1-2H3,(H,23,30)(H,24,29)(H,25,28)(H,26,27)(H,31,32). The summed E-state index contributed by atoms with van der Waals surface area (Å²) in [6.45, 7) is 3.37. The van der Waals surface area contributed by atoms with Gasteiger partial charge in [-0.15, -0.1) is 0 Å². The van der Waals surface area contributed by atoms with Gasteiger partial charge >= 0.3 is 11.9 Å². The van der Waals surface area contributed by atoms with E-state index in [0.717, 1.165) is 0 Å². The van der Waals surface area contributed by atoms with Gasteiger partial charge in [-0.1, -0.05) is 44.2 Å². The average Bonchev–Trinajstić information content (AvgIpc) is 2.75. The maximum atomic E-state index is 12.6.